The van der Waals surface area contributed by atoms with Gasteiger partial charge < -0.3 is 19.7 Å². The summed E-state index contributed by atoms with van der Waals surface area (Å²) in [7, 11) is 2.23. The van der Waals surface area contributed by atoms with Crippen LogP contribution in [0.25, 0.3) is 0 Å². The van der Waals surface area contributed by atoms with Crippen molar-refractivity contribution in [3.8, 4) is 0 Å². The van der Waals surface area contributed by atoms with Crippen LogP contribution in [0.1, 0.15) is 46.0 Å². The van der Waals surface area contributed by atoms with E-state index in [1.165, 1.54) is 32.2 Å². The molecule has 0 spiro atoms. The van der Waals surface area contributed by atoms with Crippen molar-refractivity contribution in [1.82, 2.24) is 10.2 Å². The molecule has 118 valence electrons. The Morgan fingerprint density at radius 1 is 1.25 bits per heavy atom. The predicted octanol–water partition coefficient (Wildman–Crippen LogP) is 2.03. The Labute approximate surface area is 124 Å². The molecule has 0 radical (unpaired) electrons. The van der Waals surface area contributed by atoms with Crippen LogP contribution in [0.2, 0.25) is 0 Å². The first-order valence-electron chi connectivity index (χ1n) is 8.32. The van der Waals surface area contributed by atoms with Crippen molar-refractivity contribution in [2.75, 3.05) is 33.4 Å². The maximum absolute atomic E-state index is 6.01. The lowest BCUT2D eigenvalue weighted by atomic mass is 10.1. The molecule has 0 aliphatic carbocycles. The number of rotatable bonds is 8. The Kier molecular flexibility index (Phi) is 6.75. The second-order valence-electron chi connectivity index (χ2n) is 6.66. The molecule has 3 unspecified atom stereocenters. The number of nitrogens with zero attached hydrogens (tertiary/aromatic N) is 1. The van der Waals surface area contributed by atoms with Crippen molar-refractivity contribution in [2.24, 2.45) is 0 Å². The van der Waals surface area contributed by atoms with Gasteiger partial charge >= 0.3 is 0 Å². The quantitative estimate of drug-likeness (QED) is 0.692. The normalized spacial score (nSPS) is 31.5. The second-order valence-corrected chi connectivity index (χ2v) is 6.66. The van der Waals surface area contributed by atoms with Gasteiger partial charge in [-0.15, -0.1) is 0 Å². The van der Waals surface area contributed by atoms with Crippen LogP contribution in [0, 0.1) is 0 Å². The third-order valence-electron chi connectivity index (χ3n) is 4.52. The second kappa shape index (κ2) is 8.32. The molecule has 4 nitrogen and oxygen atoms in total. The summed E-state index contributed by atoms with van der Waals surface area (Å²) >= 11 is 0. The van der Waals surface area contributed by atoms with E-state index in [2.05, 4.69) is 31.1 Å². The monoisotopic (exact) mass is 284 g/mol. The van der Waals surface area contributed by atoms with Gasteiger partial charge in [0, 0.05) is 25.2 Å². The van der Waals surface area contributed by atoms with Crippen LogP contribution < -0.4 is 5.32 Å². The summed E-state index contributed by atoms with van der Waals surface area (Å²) in [4.78, 5) is 2.46. The zero-order valence-electron chi connectivity index (χ0n) is 13.4. The van der Waals surface area contributed by atoms with Gasteiger partial charge in [-0.1, -0.05) is 13.8 Å². The Hall–Kier alpha value is -0.160. The molecule has 3 atom stereocenters. The van der Waals surface area contributed by atoms with E-state index in [-0.39, 0.29) is 0 Å². The summed E-state index contributed by atoms with van der Waals surface area (Å²) < 4.78 is 11.8. The fourth-order valence-corrected chi connectivity index (χ4v) is 3.20. The lowest BCUT2D eigenvalue weighted by Gasteiger charge is -2.20. The Balaban J connectivity index is 1.50. The molecule has 0 aromatic heterocycles. The van der Waals surface area contributed by atoms with Gasteiger partial charge in [-0.2, -0.15) is 0 Å². The van der Waals surface area contributed by atoms with E-state index in [4.69, 9.17) is 9.47 Å². The van der Waals surface area contributed by atoms with Crippen LogP contribution in [-0.4, -0.2) is 62.5 Å². The molecule has 0 aromatic rings. The summed E-state index contributed by atoms with van der Waals surface area (Å²) in [6, 6.07) is 1.28. The van der Waals surface area contributed by atoms with E-state index >= 15 is 0 Å². The van der Waals surface area contributed by atoms with Gasteiger partial charge in [0.15, 0.2) is 0 Å². The highest BCUT2D eigenvalue weighted by Gasteiger charge is 2.25. The largest absolute Gasteiger partial charge is 0.379 e. The van der Waals surface area contributed by atoms with E-state index < -0.39 is 0 Å². The molecule has 0 aromatic carbocycles. The van der Waals surface area contributed by atoms with Gasteiger partial charge in [0.1, 0.15) is 0 Å². The van der Waals surface area contributed by atoms with Crippen molar-refractivity contribution < 1.29 is 9.47 Å². The van der Waals surface area contributed by atoms with Crippen LogP contribution in [-0.2, 0) is 9.47 Å². The number of hydrogen-bond acceptors (Lipinski definition) is 4. The van der Waals surface area contributed by atoms with Gasteiger partial charge in [0.05, 0.1) is 18.8 Å². The molecule has 2 fully saturated rings. The third-order valence-corrected chi connectivity index (χ3v) is 4.52. The smallest absolute Gasteiger partial charge is 0.0813 e. The molecule has 2 rings (SSSR count). The van der Waals surface area contributed by atoms with Gasteiger partial charge in [0.2, 0.25) is 0 Å². The standard InChI is InChI=1S/C16H32N2O2/c1-13(2)17-11-15-6-7-16(20-15)12-19-10-8-14-5-4-9-18(14)3/h13-17H,4-12H2,1-3H3. The third kappa shape index (κ3) is 5.32. The maximum Gasteiger partial charge on any atom is 0.0813 e. The molecule has 4 heteroatoms. The molecule has 0 saturated carbocycles. The lowest BCUT2D eigenvalue weighted by molar-refractivity contribution is -0.0174. The molecular formula is C16H32N2O2. The molecule has 0 bridgehead atoms. The van der Waals surface area contributed by atoms with E-state index in [1.54, 1.807) is 0 Å². The van der Waals surface area contributed by atoms with Crippen LogP contribution >= 0.6 is 0 Å². The Morgan fingerprint density at radius 2 is 2.05 bits per heavy atom. The molecule has 2 aliphatic heterocycles. The Morgan fingerprint density at radius 3 is 2.75 bits per heavy atom. The van der Waals surface area contributed by atoms with Crippen molar-refractivity contribution in [2.45, 2.75) is 70.2 Å². The first-order chi connectivity index (χ1) is 9.65. The highest BCUT2D eigenvalue weighted by molar-refractivity contribution is 4.77. The molecule has 2 heterocycles. The summed E-state index contributed by atoms with van der Waals surface area (Å²) in [5, 5.41) is 3.45. The van der Waals surface area contributed by atoms with Crippen LogP contribution in [0.15, 0.2) is 0 Å². The van der Waals surface area contributed by atoms with Gasteiger partial charge in [-0.25, -0.2) is 0 Å². The van der Waals surface area contributed by atoms with Gasteiger partial charge in [0.25, 0.3) is 0 Å². The first kappa shape index (κ1) is 16.2. The zero-order chi connectivity index (χ0) is 14.4. The zero-order valence-corrected chi connectivity index (χ0v) is 13.4. The summed E-state index contributed by atoms with van der Waals surface area (Å²) in [6.07, 6.45) is 6.86. The van der Waals surface area contributed by atoms with Crippen molar-refractivity contribution >= 4 is 0 Å². The number of hydrogen-bond donors (Lipinski definition) is 1. The molecule has 2 saturated heterocycles. The molecule has 0 amide bonds. The fourth-order valence-electron chi connectivity index (χ4n) is 3.20. The highest BCUT2D eigenvalue weighted by Crippen LogP contribution is 2.20. The summed E-state index contributed by atoms with van der Waals surface area (Å²) in [5.41, 5.74) is 0. The molecule has 1 N–H and O–H groups in total. The van der Waals surface area contributed by atoms with E-state index in [9.17, 15) is 0 Å². The minimum atomic E-state index is 0.315. The maximum atomic E-state index is 6.01. The number of nitrogens with one attached hydrogen (secondary N) is 1. The predicted molar refractivity (Wildman–Crippen MR) is 82.1 cm³/mol. The first-order valence-corrected chi connectivity index (χ1v) is 8.32. The van der Waals surface area contributed by atoms with E-state index in [1.807, 2.05) is 0 Å². The van der Waals surface area contributed by atoms with E-state index in [0.29, 0.717) is 18.2 Å². The minimum Gasteiger partial charge on any atom is -0.379 e. The summed E-state index contributed by atoms with van der Waals surface area (Å²) in [6.45, 7) is 8.23. The number of ether oxygens (including phenoxy) is 2. The summed E-state index contributed by atoms with van der Waals surface area (Å²) in [5.74, 6) is 0. The van der Waals surface area contributed by atoms with Crippen LogP contribution in [0.3, 0.4) is 0 Å². The Bertz CT molecular complexity index is 273. The van der Waals surface area contributed by atoms with Gasteiger partial charge in [-0.3, -0.25) is 0 Å². The van der Waals surface area contributed by atoms with E-state index in [0.717, 1.165) is 32.2 Å². The van der Waals surface area contributed by atoms with Crippen molar-refractivity contribution in [1.29, 1.82) is 0 Å². The van der Waals surface area contributed by atoms with Crippen LogP contribution in [0.4, 0.5) is 0 Å². The topological polar surface area (TPSA) is 33.7 Å². The minimum absolute atomic E-state index is 0.315. The number of likely N-dealkylation sites (tertiary alicyclic amines) is 1. The average molecular weight is 284 g/mol. The fraction of sp³-hybridized carbons (Fsp3) is 1.00. The molecule has 20 heavy (non-hydrogen) atoms. The molecular weight excluding hydrogens is 252 g/mol. The highest BCUT2D eigenvalue weighted by atomic mass is 16.5. The van der Waals surface area contributed by atoms with Crippen molar-refractivity contribution in [3.63, 3.8) is 0 Å². The van der Waals surface area contributed by atoms with Gasteiger partial charge in [-0.05, 0) is 45.7 Å². The molecule has 2 aliphatic rings. The SMILES string of the molecule is CC(C)NCC1CCC(COCCC2CCCN2C)O1. The van der Waals surface area contributed by atoms with Crippen LogP contribution in [0.5, 0.6) is 0 Å². The lowest BCUT2D eigenvalue weighted by Crippen LogP contribution is -2.32. The average Bonchev–Trinajstić information content (AvgIpc) is 3.02. The van der Waals surface area contributed by atoms with Crippen molar-refractivity contribution in [3.05, 3.63) is 0 Å².